The Morgan fingerprint density at radius 3 is 2.55 bits per heavy atom. The number of rotatable bonds is 7. The van der Waals surface area contributed by atoms with E-state index >= 15 is 0 Å². The molecule has 0 atom stereocenters. The number of nitrogens with one attached hydrogen (secondary N) is 1. The molecule has 1 fully saturated rings. The second kappa shape index (κ2) is 6.37. The van der Waals surface area contributed by atoms with E-state index in [1.807, 2.05) is 0 Å². The van der Waals surface area contributed by atoms with Crippen LogP contribution in [0.2, 0.25) is 0 Å². The molecule has 2 rings (SSSR count). The molecule has 0 unspecified atom stereocenters. The first-order chi connectivity index (χ1) is 10.2. The average Bonchev–Trinajstić information content (AvgIpc) is 3.16. The molecule has 120 valence electrons. The number of halogens is 1. The van der Waals surface area contributed by atoms with E-state index in [4.69, 9.17) is 5.11 Å². The maximum Gasteiger partial charge on any atom is 0.311 e. The minimum atomic E-state index is -3.60. The van der Waals surface area contributed by atoms with Crippen LogP contribution in [-0.4, -0.2) is 37.7 Å². The van der Waals surface area contributed by atoms with Gasteiger partial charge >= 0.3 is 5.97 Å². The molecule has 0 spiro atoms. The molecule has 22 heavy (non-hydrogen) atoms. The fourth-order valence-corrected chi connectivity index (χ4v) is 3.81. The number of carbonyl (C=O) groups is 2. The van der Waals surface area contributed by atoms with Gasteiger partial charge in [0.25, 0.3) is 0 Å². The van der Waals surface area contributed by atoms with E-state index in [1.165, 1.54) is 0 Å². The second-order valence-corrected chi connectivity index (χ2v) is 8.50. The highest BCUT2D eigenvalue weighted by molar-refractivity contribution is 9.10. The van der Waals surface area contributed by atoms with E-state index in [-0.39, 0.29) is 12.3 Å². The molecule has 1 aliphatic rings. The average molecular weight is 390 g/mol. The van der Waals surface area contributed by atoms with E-state index in [0.717, 1.165) is 4.47 Å². The molecular formula is C14H16BrNO5S. The summed E-state index contributed by atoms with van der Waals surface area (Å²) < 4.78 is 24.8. The molecule has 8 heteroatoms. The second-order valence-electron chi connectivity index (χ2n) is 5.52. The summed E-state index contributed by atoms with van der Waals surface area (Å²) in [5.41, 5.74) is -0.310. The number of sulfone groups is 1. The molecule has 1 aromatic carbocycles. The zero-order valence-corrected chi connectivity index (χ0v) is 14.1. The molecule has 6 nitrogen and oxygen atoms in total. The smallest absolute Gasteiger partial charge is 0.311 e. The van der Waals surface area contributed by atoms with Gasteiger partial charge in [-0.05, 0) is 30.5 Å². The Balaban J connectivity index is 1.88. The van der Waals surface area contributed by atoms with Crippen molar-refractivity contribution >= 4 is 37.6 Å². The molecule has 1 saturated carbocycles. The molecule has 0 aliphatic heterocycles. The fourth-order valence-electron chi connectivity index (χ4n) is 2.07. The molecule has 0 saturated heterocycles. The first-order valence-electron chi connectivity index (χ1n) is 6.67. The van der Waals surface area contributed by atoms with Crippen molar-refractivity contribution < 1.29 is 23.1 Å². The number of hydrogen-bond donors (Lipinski definition) is 2. The molecule has 1 aromatic rings. The lowest BCUT2D eigenvalue weighted by atomic mass is 10.1. The first-order valence-corrected chi connectivity index (χ1v) is 9.29. The Morgan fingerprint density at radius 2 is 2.00 bits per heavy atom. The monoisotopic (exact) mass is 389 g/mol. The number of benzene rings is 1. The predicted octanol–water partition coefficient (Wildman–Crippen LogP) is 1.34. The Morgan fingerprint density at radius 1 is 1.32 bits per heavy atom. The molecule has 0 heterocycles. The highest BCUT2D eigenvalue weighted by Crippen LogP contribution is 2.45. The van der Waals surface area contributed by atoms with E-state index < -0.39 is 32.9 Å². The van der Waals surface area contributed by atoms with Crippen LogP contribution >= 0.6 is 15.9 Å². The SMILES string of the molecule is O=C(CS(=O)(=O)Cc1cccc(Br)c1)NCC1(C(=O)O)CC1. The molecule has 0 aromatic heterocycles. The minimum absolute atomic E-state index is 0.0203. The standard InChI is InChI=1S/C14H16BrNO5S/c15-11-3-1-2-10(6-11)7-22(20,21)8-12(17)16-9-14(4-5-14)13(18)19/h1-3,6H,4-5,7-9H2,(H,16,17)(H,18,19). The predicted molar refractivity (Wildman–Crippen MR) is 83.9 cm³/mol. The van der Waals surface area contributed by atoms with Crippen LogP contribution in [0.5, 0.6) is 0 Å². The maximum atomic E-state index is 12.0. The molecule has 1 amide bonds. The zero-order chi connectivity index (χ0) is 16.4. The molecular weight excluding hydrogens is 374 g/mol. The Hall–Kier alpha value is -1.41. The third-order valence-corrected chi connectivity index (χ3v) is 5.53. The fraction of sp³-hybridized carbons (Fsp3) is 0.429. The van der Waals surface area contributed by atoms with Crippen molar-refractivity contribution in [1.29, 1.82) is 0 Å². The topological polar surface area (TPSA) is 101 Å². The number of aliphatic carboxylic acids is 1. The minimum Gasteiger partial charge on any atom is -0.481 e. The van der Waals surface area contributed by atoms with Gasteiger partial charge in [0.05, 0.1) is 11.2 Å². The van der Waals surface area contributed by atoms with Crippen LogP contribution in [0.25, 0.3) is 0 Å². The van der Waals surface area contributed by atoms with Crippen LogP contribution in [0.1, 0.15) is 18.4 Å². The van der Waals surface area contributed by atoms with Crippen LogP contribution in [0.15, 0.2) is 28.7 Å². The third kappa shape index (κ3) is 4.54. The molecule has 2 N–H and O–H groups in total. The van der Waals surface area contributed by atoms with Crippen LogP contribution < -0.4 is 5.32 Å². The van der Waals surface area contributed by atoms with Crippen LogP contribution in [0.3, 0.4) is 0 Å². The first kappa shape index (κ1) is 17.0. The summed E-state index contributed by atoms with van der Waals surface area (Å²) in [6.07, 6.45) is 1.01. The van der Waals surface area contributed by atoms with Gasteiger partial charge < -0.3 is 10.4 Å². The van der Waals surface area contributed by atoms with Crippen molar-refractivity contribution in [2.24, 2.45) is 5.41 Å². The maximum absolute atomic E-state index is 12.0. The van der Waals surface area contributed by atoms with E-state index in [0.29, 0.717) is 18.4 Å². The van der Waals surface area contributed by atoms with Crippen molar-refractivity contribution in [3.05, 3.63) is 34.3 Å². The molecule has 0 radical (unpaired) electrons. The van der Waals surface area contributed by atoms with Gasteiger partial charge in [0.2, 0.25) is 5.91 Å². The normalized spacial score (nSPS) is 16.0. The van der Waals surface area contributed by atoms with Crippen molar-refractivity contribution in [3.63, 3.8) is 0 Å². The summed E-state index contributed by atoms with van der Waals surface area (Å²) >= 11 is 3.26. The highest BCUT2D eigenvalue weighted by Gasteiger charge is 2.50. The summed E-state index contributed by atoms with van der Waals surface area (Å²) in [4.78, 5) is 22.7. The summed E-state index contributed by atoms with van der Waals surface area (Å²) in [7, 11) is -3.60. The molecule has 0 bridgehead atoms. The summed E-state index contributed by atoms with van der Waals surface area (Å²) in [6.45, 7) is -0.0203. The van der Waals surface area contributed by atoms with Crippen LogP contribution in [0, 0.1) is 5.41 Å². The Labute approximate surface area is 137 Å². The molecule has 1 aliphatic carbocycles. The van der Waals surface area contributed by atoms with Crippen LogP contribution in [-0.2, 0) is 25.2 Å². The van der Waals surface area contributed by atoms with Gasteiger partial charge in [-0.15, -0.1) is 0 Å². The number of amides is 1. The van der Waals surface area contributed by atoms with Gasteiger partial charge in [-0.25, -0.2) is 8.42 Å². The van der Waals surface area contributed by atoms with Crippen LogP contribution in [0.4, 0.5) is 0 Å². The highest BCUT2D eigenvalue weighted by atomic mass is 79.9. The van der Waals surface area contributed by atoms with Crippen molar-refractivity contribution in [2.75, 3.05) is 12.3 Å². The number of carboxylic acids is 1. The van der Waals surface area contributed by atoms with Crippen molar-refractivity contribution in [3.8, 4) is 0 Å². The number of hydrogen-bond acceptors (Lipinski definition) is 4. The van der Waals surface area contributed by atoms with Gasteiger partial charge in [0.1, 0.15) is 5.75 Å². The van der Waals surface area contributed by atoms with Gasteiger partial charge in [-0.3, -0.25) is 9.59 Å². The lowest BCUT2D eigenvalue weighted by Crippen LogP contribution is -2.37. The van der Waals surface area contributed by atoms with Gasteiger partial charge in [-0.2, -0.15) is 0 Å². The largest absolute Gasteiger partial charge is 0.481 e. The lowest BCUT2D eigenvalue weighted by molar-refractivity contribution is -0.143. The zero-order valence-electron chi connectivity index (χ0n) is 11.7. The third-order valence-electron chi connectivity index (χ3n) is 3.56. The van der Waals surface area contributed by atoms with E-state index in [9.17, 15) is 18.0 Å². The Bertz CT molecular complexity index is 697. The van der Waals surface area contributed by atoms with E-state index in [2.05, 4.69) is 21.2 Å². The summed E-state index contributed by atoms with van der Waals surface area (Å²) in [6, 6.07) is 6.85. The van der Waals surface area contributed by atoms with E-state index in [1.54, 1.807) is 24.3 Å². The van der Waals surface area contributed by atoms with Gasteiger partial charge in [-0.1, -0.05) is 28.1 Å². The summed E-state index contributed by atoms with van der Waals surface area (Å²) in [5.74, 6) is -2.49. The Kier molecular flexibility index (Phi) is 4.91. The summed E-state index contributed by atoms with van der Waals surface area (Å²) in [5, 5.41) is 11.4. The van der Waals surface area contributed by atoms with Gasteiger partial charge in [0.15, 0.2) is 9.84 Å². The van der Waals surface area contributed by atoms with Crippen molar-refractivity contribution in [2.45, 2.75) is 18.6 Å². The number of carbonyl (C=O) groups excluding carboxylic acids is 1. The van der Waals surface area contributed by atoms with Gasteiger partial charge in [0, 0.05) is 11.0 Å². The quantitative estimate of drug-likeness (QED) is 0.732. The number of carboxylic acid groups (broad SMARTS) is 1. The lowest BCUT2D eigenvalue weighted by Gasteiger charge is -2.11. The van der Waals surface area contributed by atoms with Crippen molar-refractivity contribution in [1.82, 2.24) is 5.32 Å².